The predicted octanol–water partition coefficient (Wildman–Crippen LogP) is 4.87. The largest absolute Gasteiger partial charge is 0.393 e. The van der Waals surface area contributed by atoms with Crippen molar-refractivity contribution in [3.63, 3.8) is 0 Å². The van der Waals surface area contributed by atoms with E-state index in [-0.39, 0.29) is 23.7 Å². The minimum atomic E-state index is -0.493. The summed E-state index contributed by atoms with van der Waals surface area (Å²) in [5.41, 5.74) is 1.24. The number of unbranched alkanes of at least 4 members (excludes halogenated alkanes) is 2. The van der Waals surface area contributed by atoms with Gasteiger partial charge in [-0.3, -0.25) is 4.79 Å². The summed E-state index contributed by atoms with van der Waals surface area (Å²) in [5.74, 6) is 1.68. The topological polar surface area (TPSA) is 89.8 Å². The first kappa shape index (κ1) is 28.1. The van der Waals surface area contributed by atoms with E-state index in [0.717, 1.165) is 57.4 Å². The van der Waals surface area contributed by atoms with Crippen LogP contribution in [0.3, 0.4) is 0 Å². The molecule has 7 unspecified atom stereocenters. The van der Waals surface area contributed by atoms with E-state index in [9.17, 15) is 20.1 Å². The first-order valence-corrected chi connectivity index (χ1v) is 14.2. The second-order valence-corrected chi connectivity index (χ2v) is 11.7. The Morgan fingerprint density at radius 1 is 1.03 bits per heavy atom. The normalized spacial score (nSPS) is 26.9. The van der Waals surface area contributed by atoms with E-state index in [1.54, 1.807) is 0 Å². The Kier molecular flexibility index (Phi) is 11.5. The molecule has 0 saturated heterocycles. The van der Waals surface area contributed by atoms with Crippen LogP contribution in [0.5, 0.6) is 0 Å². The van der Waals surface area contributed by atoms with Crippen LogP contribution in [0.1, 0.15) is 90.0 Å². The first-order valence-electron chi connectivity index (χ1n) is 14.2. The lowest BCUT2D eigenvalue weighted by Gasteiger charge is -2.32. The van der Waals surface area contributed by atoms with Crippen molar-refractivity contribution in [2.75, 3.05) is 6.54 Å². The van der Waals surface area contributed by atoms with Crippen molar-refractivity contribution in [2.45, 2.75) is 109 Å². The molecular weight excluding hydrogens is 438 g/mol. The van der Waals surface area contributed by atoms with Crippen LogP contribution >= 0.6 is 0 Å². The number of hydrogen-bond donors (Lipinski definition) is 4. The van der Waals surface area contributed by atoms with Gasteiger partial charge in [-0.05, 0) is 86.5 Å². The molecule has 0 aromatic heterocycles. The zero-order valence-electron chi connectivity index (χ0n) is 21.9. The molecule has 0 spiro atoms. The van der Waals surface area contributed by atoms with E-state index in [1.807, 2.05) is 18.2 Å². The SMILES string of the molecule is CC(CCCCCC(=O)NCC1CC1)CC1C(O)CC(O)C1C(C)CC(O)CCc1ccccc1. The predicted molar refractivity (Wildman–Crippen MR) is 141 cm³/mol. The highest BCUT2D eigenvalue weighted by Gasteiger charge is 2.44. The van der Waals surface area contributed by atoms with Crippen LogP contribution in [0.2, 0.25) is 0 Å². The third-order valence-electron chi connectivity index (χ3n) is 8.39. The Balaban J connectivity index is 1.35. The molecule has 0 radical (unpaired) electrons. The maximum absolute atomic E-state index is 11.9. The van der Waals surface area contributed by atoms with Crippen molar-refractivity contribution in [3.8, 4) is 0 Å². The van der Waals surface area contributed by atoms with Crippen molar-refractivity contribution in [2.24, 2.45) is 29.6 Å². The van der Waals surface area contributed by atoms with Gasteiger partial charge in [-0.25, -0.2) is 0 Å². The summed E-state index contributed by atoms with van der Waals surface area (Å²) < 4.78 is 0. The van der Waals surface area contributed by atoms with Crippen molar-refractivity contribution in [3.05, 3.63) is 35.9 Å². The Bertz CT molecular complexity index is 737. The van der Waals surface area contributed by atoms with Gasteiger partial charge in [0.1, 0.15) is 0 Å². The van der Waals surface area contributed by atoms with Crippen molar-refractivity contribution in [1.82, 2.24) is 5.32 Å². The molecule has 2 fully saturated rings. The second kappa shape index (κ2) is 14.3. The highest BCUT2D eigenvalue weighted by Crippen LogP contribution is 2.43. The molecule has 4 N–H and O–H groups in total. The molecule has 35 heavy (non-hydrogen) atoms. The van der Waals surface area contributed by atoms with E-state index >= 15 is 0 Å². The van der Waals surface area contributed by atoms with Gasteiger partial charge in [-0.15, -0.1) is 0 Å². The van der Waals surface area contributed by atoms with E-state index < -0.39 is 18.3 Å². The van der Waals surface area contributed by atoms with Gasteiger partial charge in [0.15, 0.2) is 0 Å². The molecule has 1 amide bonds. The number of carbonyl (C=O) groups excluding carboxylic acids is 1. The zero-order chi connectivity index (χ0) is 25.2. The molecule has 0 bridgehead atoms. The van der Waals surface area contributed by atoms with Gasteiger partial charge in [0.05, 0.1) is 18.3 Å². The molecule has 2 saturated carbocycles. The number of hydrogen-bond acceptors (Lipinski definition) is 4. The molecule has 2 aliphatic carbocycles. The van der Waals surface area contributed by atoms with Crippen LogP contribution in [0.15, 0.2) is 30.3 Å². The van der Waals surface area contributed by atoms with Crippen LogP contribution < -0.4 is 5.32 Å². The van der Waals surface area contributed by atoms with E-state index in [4.69, 9.17) is 0 Å². The summed E-state index contributed by atoms with van der Waals surface area (Å²) in [6, 6.07) is 10.2. The molecule has 0 aliphatic heterocycles. The molecule has 5 heteroatoms. The average molecular weight is 488 g/mol. The van der Waals surface area contributed by atoms with Crippen LogP contribution in [-0.4, -0.2) is 46.1 Å². The quantitative estimate of drug-likeness (QED) is 0.251. The maximum atomic E-state index is 11.9. The first-order chi connectivity index (χ1) is 16.8. The minimum Gasteiger partial charge on any atom is -0.393 e. The molecule has 1 aromatic carbocycles. The monoisotopic (exact) mass is 487 g/mol. The minimum absolute atomic E-state index is 0.0361. The molecule has 198 valence electrons. The lowest BCUT2D eigenvalue weighted by atomic mass is 9.76. The summed E-state index contributed by atoms with van der Waals surface area (Å²) in [6.07, 6.45) is 9.58. The lowest BCUT2D eigenvalue weighted by molar-refractivity contribution is -0.121. The smallest absolute Gasteiger partial charge is 0.220 e. The van der Waals surface area contributed by atoms with E-state index in [1.165, 1.54) is 18.4 Å². The number of benzene rings is 1. The molecule has 3 rings (SSSR count). The maximum Gasteiger partial charge on any atom is 0.220 e. The Morgan fingerprint density at radius 3 is 2.49 bits per heavy atom. The number of aliphatic hydroxyl groups excluding tert-OH is 3. The van der Waals surface area contributed by atoms with Crippen LogP contribution in [0, 0.1) is 29.6 Å². The Morgan fingerprint density at radius 2 is 1.77 bits per heavy atom. The fourth-order valence-corrected chi connectivity index (χ4v) is 6.12. The molecule has 5 nitrogen and oxygen atoms in total. The summed E-state index contributed by atoms with van der Waals surface area (Å²) in [5, 5.41) is 35.1. The lowest BCUT2D eigenvalue weighted by Crippen LogP contribution is -2.31. The zero-order valence-corrected chi connectivity index (χ0v) is 21.9. The Labute approximate surface area is 212 Å². The van der Waals surface area contributed by atoms with Gasteiger partial charge >= 0.3 is 0 Å². The summed E-state index contributed by atoms with van der Waals surface area (Å²) in [6.45, 7) is 5.23. The number of aliphatic hydroxyl groups is 3. The third kappa shape index (κ3) is 9.86. The standard InChI is InChI=1S/C30H49NO4/c1-21(9-5-3-8-12-29(35)31-20-24-13-14-24)17-26-27(33)19-28(34)30(26)22(2)18-25(32)16-15-23-10-6-4-7-11-23/h4,6-7,10-11,21-22,24-28,30,32-34H,3,5,8-9,12-20H2,1-2H3,(H,31,35). The van der Waals surface area contributed by atoms with Crippen molar-refractivity contribution < 1.29 is 20.1 Å². The van der Waals surface area contributed by atoms with Crippen molar-refractivity contribution in [1.29, 1.82) is 0 Å². The fourth-order valence-electron chi connectivity index (χ4n) is 6.12. The van der Waals surface area contributed by atoms with Crippen LogP contribution in [0.4, 0.5) is 0 Å². The van der Waals surface area contributed by atoms with Gasteiger partial charge in [0.2, 0.25) is 5.91 Å². The molecule has 0 heterocycles. The highest BCUT2D eigenvalue weighted by atomic mass is 16.3. The number of aryl methyl sites for hydroxylation is 1. The average Bonchev–Trinajstić information content (AvgIpc) is 3.61. The van der Waals surface area contributed by atoms with Crippen LogP contribution in [0.25, 0.3) is 0 Å². The number of carbonyl (C=O) groups is 1. The van der Waals surface area contributed by atoms with E-state index in [0.29, 0.717) is 25.2 Å². The second-order valence-electron chi connectivity index (χ2n) is 11.7. The van der Waals surface area contributed by atoms with Crippen molar-refractivity contribution >= 4 is 5.91 Å². The number of rotatable bonds is 16. The number of amides is 1. The molecular formula is C30H49NO4. The summed E-state index contributed by atoms with van der Waals surface area (Å²) >= 11 is 0. The summed E-state index contributed by atoms with van der Waals surface area (Å²) in [7, 11) is 0. The third-order valence-corrected chi connectivity index (χ3v) is 8.39. The van der Waals surface area contributed by atoms with E-state index in [2.05, 4.69) is 31.3 Å². The summed E-state index contributed by atoms with van der Waals surface area (Å²) in [4.78, 5) is 11.9. The highest BCUT2D eigenvalue weighted by molar-refractivity contribution is 5.75. The molecule has 1 aromatic rings. The van der Waals surface area contributed by atoms with Gasteiger partial charge in [0.25, 0.3) is 0 Å². The molecule has 7 atom stereocenters. The Hall–Kier alpha value is -1.43. The molecule has 2 aliphatic rings. The number of nitrogens with one attached hydrogen (secondary N) is 1. The van der Waals surface area contributed by atoms with Gasteiger partial charge in [0, 0.05) is 13.0 Å². The van der Waals surface area contributed by atoms with Gasteiger partial charge in [-0.2, -0.15) is 0 Å². The van der Waals surface area contributed by atoms with Crippen LogP contribution in [-0.2, 0) is 11.2 Å². The van der Waals surface area contributed by atoms with Gasteiger partial charge < -0.3 is 20.6 Å². The fraction of sp³-hybridized carbons (Fsp3) is 0.767. The van der Waals surface area contributed by atoms with Gasteiger partial charge in [-0.1, -0.05) is 63.4 Å².